The number of esters is 1. The Labute approximate surface area is 185 Å². The van der Waals surface area contributed by atoms with Gasteiger partial charge in [-0.3, -0.25) is 14.7 Å². The third-order valence-electron chi connectivity index (χ3n) is 6.38. The number of fused-ring (bicyclic) bond motifs is 1. The van der Waals surface area contributed by atoms with Crippen LogP contribution in [0.15, 0.2) is 30.5 Å². The molecule has 0 unspecified atom stereocenters. The van der Waals surface area contributed by atoms with Crippen LogP contribution in [0.25, 0.3) is 0 Å². The molecule has 0 saturated carbocycles. The number of hydrogen-bond donors (Lipinski definition) is 1. The van der Waals surface area contributed by atoms with Gasteiger partial charge in [-0.15, -0.1) is 0 Å². The summed E-state index contributed by atoms with van der Waals surface area (Å²) in [4.78, 5) is 30.0. The molecule has 7 nitrogen and oxygen atoms in total. The van der Waals surface area contributed by atoms with Crippen molar-refractivity contribution in [3.63, 3.8) is 0 Å². The number of aliphatic hydroxyl groups excluding tert-OH is 1. The second-order valence-corrected chi connectivity index (χ2v) is 8.39. The zero-order chi connectivity index (χ0) is 22.8. The van der Waals surface area contributed by atoms with Crippen LogP contribution < -0.4 is 0 Å². The molecule has 0 amide bonds. The first-order chi connectivity index (χ1) is 15.4. The molecule has 1 aromatic heterocycles. The summed E-state index contributed by atoms with van der Waals surface area (Å²) in [5.41, 5.74) is 3.47. The van der Waals surface area contributed by atoms with Gasteiger partial charge in [-0.05, 0) is 55.1 Å². The zero-order valence-corrected chi connectivity index (χ0v) is 17.8. The zero-order valence-electron chi connectivity index (χ0n) is 17.8. The molecule has 166 valence electrons. The smallest absolute Gasteiger partial charge is 0.338 e. The molecule has 0 radical (unpaired) electrons. The Bertz CT molecular complexity index is 1080. The van der Waals surface area contributed by atoms with Crippen LogP contribution >= 0.6 is 0 Å². The summed E-state index contributed by atoms with van der Waals surface area (Å²) in [6.07, 6.45) is -0.0992. The molecule has 0 spiro atoms. The van der Waals surface area contributed by atoms with E-state index in [-0.39, 0.29) is 43.6 Å². The molecular weight excluding hydrogens is 413 g/mol. The van der Waals surface area contributed by atoms with Gasteiger partial charge in [0.25, 0.3) is 0 Å². The van der Waals surface area contributed by atoms with Gasteiger partial charge in [0.1, 0.15) is 24.5 Å². The first-order valence-electron chi connectivity index (χ1n) is 10.6. The fraction of sp³-hybridized carbons (Fsp3) is 0.417. The Morgan fingerprint density at radius 3 is 2.91 bits per heavy atom. The number of halogens is 1. The highest BCUT2D eigenvalue weighted by Gasteiger charge is 2.33. The summed E-state index contributed by atoms with van der Waals surface area (Å²) in [5.74, 6) is -0.989. The maximum atomic E-state index is 14.9. The molecule has 32 heavy (non-hydrogen) atoms. The second kappa shape index (κ2) is 9.15. The van der Waals surface area contributed by atoms with Gasteiger partial charge in [-0.1, -0.05) is 6.07 Å². The van der Waals surface area contributed by atoms with E-state index in [4.69, 9.17) is 10.00 Å². The minimum Gasteiger partial charge on any atom is -0.457 e. The maximum Gasteiger partial charge on any atom is 0.338 e. The van der Waals surface area contributed by atoms with Crippen molar-refractivity contribution < 1.29 is 23.8 Å². The number of aliphatic hydroxyl groups is 1. The van der Waals surface area contributed by atoms with E-state index in [9.17, 15) is 19.1 Å². The molecular formula is C24H24FN3O4. The summed E-state index contributed by atoms with van der Waals surface area (Å²) in [6.45, 7) is 3.04. The lowest BCUT2D eigenvalue weighted by Crippen LogP contribution is -2.44. The average molecular weight is 437 g/mol. The Hall–Kier alpha value is -3.15. The van der Waals surface area contributed by atoms with Crippen molar-refractivity contribution in [1.82, 2.24) is 9.88 Å². The van der Waals surface area contributed by atoms with Crippen molar-refractivity contribution in [2.75, 3.05) is 19.6 Å². The molecule has 1 N–H and O–H groups in total. The van der Waals surface area contributed by atoms with Gasteiger partial charge in [-0.2, -0.15) is 5.26 Å². The number of ketones is 1. The average Bonchev–Trinajstić information content (AvgIpc) is 3.17. The summed E-state index contributed by atoms with van der Waals surface area (Å²) in [7, 11) is 0. The molecule has 0 bridgehead atoms. The monoisotopic (exact) mass is 437 g/mol. The SMILES string of the molecule is Cc1c([C@@H](O)CN2CC[C@@H](CC(=O)c3ccc(C#N)cn3)[C@H](F)C2)ccc2c1COC2=O. The predicted octanol–water partition coefficient (Wildman–Crippen LogP) is 2.90. The number of β-amino-alcohol motifs (C(OH)–C–C–N with tert-alkyl or cyclic N) is 1. The molecule has 4 rings (SSSR count). The molecule has 8 heteroatoms. The fourth-order valence-corrected chi connectivity index (χ4v) is 4.45. The van der Waals surface area contributed by atoms with Gasteiger partial charge in [0.15, 0.2) is 5.78 Å². The number of alkyl halides is 1. The van der Waals surface area contributed by atoms with Crippen molar-refractivity contribution in [2.24, 2.45) is 5.92 Å². The van der Waals surface area contributed by atoms with E-state index in [1.807, 2.05) is 17.9 Å². The van der Waals surface area contributed by atoms with E-state index in [0.29, 0.717) is 29.7 Å². The number of nitrogens with zero attached hydrogens (tertiary/aromatic N) is 3. The van der Waals surface area contributed by atoms with E-state index in [1.54, 1.807) is 12.1 Å². The van der Waals surface area contributed by atoms with Crippen molar-refractivity contribution in [1.29, 1.82) is 5.26 Å². The van der Waals surface area contributed by atoms with Crippen LogP contribution in [0, 0.1) is 24.2 Å². The Morgan fingerprint density at radius 2 is 2.22 bits per heavy atom. The van der Waals surface area contributed by atoms with Gasteiger partial charge >= 0.3 is 5.97 Å². The van der Waals surface area contributed by atoms with E-state index in [0.717, 1.165) is 11.1 Å². The minimum atomic E-state index is -1.19. The van der Waals surface area contributed by atoms with Gasteiger partial charge in [0.05, 0.1) is 17.2 Å². The first kappa shape index (κ1) is 22.1. The summed E-state index contributed by atoms with van der Waals surface area (Å²) in [6, 6.07) is 8.38. The van der Waals surface area contributed by atoms with Crippen LogP contribution in [0.2, 0.25) is 0 Å². The third kappa shape index (κ3) is 4.40. The lowest BCUT2D eigenvalue weighted by molar-refractivity contribution is 0.0411. The number of pyridine rings is 1. The third-order valence-corrected chi connectivity index (χ3v) is 6.38. The van der Waals surface area contributed by atoms with Gasteiger partial charge in [0.2, 0.25) is 0 Å². The highest BCUT2D eigenvalue weighted by atomic mass is 19.1. The largest absolute Gasteiger partial charge is 0.457 e. The van der Waals surface area contributed by atoms with Crippen molar-refractivity contribution in [2.45, 2.75) is 38.6 Å². The van der Waals surface area contributed by atoms with E-state index in [1.165, 1.54) is 18.3 Å². The highest BCUT2D eigenvalue weighted by Crippen LogP contribution is 2.31. The quantitative estimate of drug-likeness (QED) is 0.547. The molecule has 1 aromatic carbocycles. The number of benzene rings is 1. The Kier molecular flexibility index (Phi) is 6.31. The minimum absolute atomic E-state index is 0.0639. The molecule has 0 aliphatic carbocycles. The molecule has 3 atom stereocenters. The number of nitriles is 1. The number of carbonyl (C=O) groups is 2. The van der Waals surface area contributed by atoms with Crippen LogP contribution in [0.1, 0.15) is 62.0 Å². The number of ether oxygens (including phenoxy) is 1. The summed E-state index contributed by atoms with van der Waals surface area (Å²) in [5, 5.41) is 19.6. The number of hydrogen-bond acceptors (Lipinski definition) is 7. The summed E-state index contributed by atoms with van der Waals surface area (Å²) >= 11 is 0. The van der Waals surface area contributed by atoms with Crippen LogP contribution in [-0.2, 0) is 11.3 Å². The molecule has 2 aliphatic heterocycles. The summed E-state index contributed by atoms with van der Waals surface area (Å²) < 4.78 is 19.9. The number of rotatable bonds is 6. The standard InChI is InChI=1S/C24H24FN3O4/c1-14-17(3-4-18-19(14)13-32-24(18)31)23(30)12-28-7-6-16(20(25)11-28)8-22(29)21-5-2-15(9-26)10-27-21/h2-5,10,16,20,23,30H,6-8,11-13H2,1H3/t16-,20+,23-/m0/s1. The number of Topliss-reactive ketones (excluding diaryl/α,β-unsaturated/α-hetero) is 1. The number of cyclic esters (lactones) is 1. The van der Waals surface area contributed by atoms with Crippen LogP contribution in [0.4, 0.5) is 4.39 Å². The van der Waals surface area contributed by atoms with Crippen LogP contribution in [0.3, 0.4) is 0 Å². The number of likely N-dealkylation sites (tertiary alicyclic amines) is 1. The number of piperidine rings is 1. The number of aromatic nitrogens is 1. The van der Waals surface area contributed by atoms with E-state index >= 15 is 0 Å². The Morgan fingerprint density at radius 1 is 1.41 bits per heavy atom. The van der Waals surface area contributed by atoms with Crippen molar-refractivity contribution >= 4 is 11.8 Å². The van der Waals surface area contributed by atoms with Crippen molar-refractivity contribution in [3.05, 3.63) is 64.0 Å². The molecule has 1 fully saturated rings. The Balaban J connectivity index is 1.34. The van der Waals surface area contributed by atoms with Crippen molar-refractivity contribution in [3.8, 4) is 6.07 Å². The van der Waals surface area contributed by atoms with E-state index in [2.05, 4.69) is 4.98 Å². The highest BCUT2D eigenvalue weighted by molar-refractivity contribution is 5.94. The van der Waals surface area contributed by atoms with Crippen LogP contribution in [-0.4, -0.2) is 52.5 Å². The molecule has 2 aromatic rings. The lowest BCUT2D eigenvalue weighted by atomic mass is 9.88. The van der Waals surface area contributed by atoms with Gasteiger partial charge < -0.3 is 9.84 Å². The predicted molar refractivity (Wildman–Crippen MR) is 113 cm³/mol. The van der Waals surface area contributed by atoms with Crippen LogP contribution in [0.5, 0.6) is 0 Å². The number of carbonyl (C=O) groups excluding carboxylic acids is 2. The molecule has 1 saturated heterocycles. The second-order valence-electron chi connectivity index (χ2n) is 8.39. The van der Waals surface area contributed by atoms with Gasteiger partial charge in [0, 0.05) is 31.3 Å². The topological polar surface area (TPSA) is 104 Å². The molecule has 3 heterocycles. The maximum absolute atomic E-state index is 14.9. The van der Waals surface area contributed by atoms with Gasteiger partial charge in [-0.25, -0.2) is 9.18 Å². The lowest BCUT2D eigenvalue weighted by Gasteiger charge is -2.35. The first-order valence-corrected chi connectivity index (χ1v) is 10.6. The van der Waals surface area contributed by atoms with E-state index < -0.39 is 18.2 Å². The fourth-order valence-electron chi connectivity index (χ4n) is 4.45. The molecule has 2 aliphatic rings. The normalized spacial score (nSPS) is 21.5.